The van der Waals surface area contributed by atoms with Crippen LogP contribution in [0.1, 0.15) is 45.1 Å². The number of quaternary nitrogens is 1. The van der Waals surface area contributed by atoms with Gasteiger partial charge in [0.25, 0.3) is 0 Å². The van der Waals surface area contributed by atoms with E-state index < -0.39 is 0 Å². The Labute approximate surface area is 185 Å². The van der Waals surface area contributed by atoms with Crippen LogP contribution in [0.2, 0.25) is 0 Å². The highest BCUT2D eigenvalue weighted by Crippen LogP contribution is 2.70. The average Bonchev–Trinajstić information content (AvgIpc) is 3.44. The molecule has 2 saturated carbocycles. The van der Waals surface area contributed by atoms with E-state index in [-0.39, 0.29) is 41.0 Å². The van der Waals surface area contributed by atoms with Gasteiger partial charge < -0.3 is 24.3 Å². The fourth-order valence-electron chi connectivity index (χ4n) is 7.10. The maximum absolute atomic E-state index is 12.8. The summed E-state index contributed by atoms with van der Waals surface area (Å²) >= 11 is 0. The minimum absolute atomic E-state index is 0.0156. The third kappa shape index (κ3) is 3.17. The van der Waals surface area contributed by atoms with Crippen molar-refractivity contribution in [2.45, 2.75) is 63.8 Å². The van der Waals surface area contributed by atoms with Crippen LogP contribution in [-0.4, -0.2) is 51.1 Å². The summed E-state index contributed by atoms with van der Waals surface area (Å²) in [6.45, 7) is 6.41. The SMILES string of the molecule is COc1ccc(CC[NH2+]C[C@H]2C(=O)O[C@@H]3C[C@@]4(C)CCC[C@H](C)[C@@]45O[C@H]5[C@@H]32)cc1OC. The van der Waals surface area contributed by atoms with Crippen LogP contribution in [0.5, 0.6) is 11.5 Å². The van der Waals surface area contributed by atoms with Crippen molar-refractivity contribution in [1.29, 1.82) is 0 Å². The molecule has 4 fully saturated rings. The number of ether oxygens (including phenoxy) is 4. The number of esters is 1. The molecule has 4 aliphatic rings. The van der Waals surface area contributed by atoms with Gasteiger partial charge in [-0.05, 0) is 42.9 Å². The maximum Gasteiger partial charge on any atom is 0.315 e. The lowest BCUT2D eigenvalue weighted by Crippen LogP contribution is -2.86. The zero-order valence-corrected chi connectivity index (χ0v) is 19.2. The van der Waals surface area contributed by atoms with E-state index in [2.05, 4.69) is 25.2 Å². The largest absolute Gasteiger partial charge is 0.493 e. The first-order valence-electron chi connectivity index (χ1n) is 11.8. The van der Waals surface area contributed by atoms with E-state index in [4.69, 9.17) is 18.9 Å². The van der Waals surface area contributed by atoms with Gasteiger partial charge in [0.1, 0.15) is 17.6 Å². The molecule has 1 aromatic carbocycles. The summed E-state index contributed by atoms with van der Waals surface area (Å²) in [5.74, 6) is 2.22. The van der Waals surface area contributed by atoms with Crippen LogP contribution in [0, 0.1) is 23.2 Å². The maximum atomic E-state index is 12.8. The molecule has 2 aliphatic carbocycles. The van der Waals surface area contributed by atoms with Crippen LogP contribution in [-0.2, 0) is 20.7 Å². The first-order valence-corrected chi connectivity index (χ1v) is 11.8. The molecule has 5 rings (SSSR count). The van der Waals surface area contributed by atoms with Gasteiger partial charge >= 0.3 is 5.97 Å². The van der Waals surface area contributed by atoms with Gasteiger partial charge in [0.05, 0.1) is 33.4 Å². The van der Waals surface area contributed by atoms with Gasteiger partial charge in [-0.25, -0.2) is 0 Å². The van der Waals surface area contributed by atoms with Crippen molar-refractivity contribution in [2.75, 3.05) is 27.3 Å². The number of hydrogen-bond acceptors (Lipinski definition) is 5. The minimum Gasteiger partial charge on any atom is -0.493 e. The number of benzene rings is 1. The molecule has 7 atom stereocenters. The molecular weight excluding hydrogens is 394 g/mol. The standard InChI is InChI=1S/C25H35NO5/c1-15-6-5-10-24(2)13-20-21(22-25(15,24)31-22)17(23(27)30-20)14-26-11-9-16-7-8-18(28-3)19(12-16)29-4/h7-8,12,15,17,20-22,26H,5-6,9-11,13-14H2,1-4H3/p+1/t15-,17+,20+,21+,22-,24+,25-/m0/s1. The van der Waals surface area contributed by atoms with Gasteiger partial charge in [0.2, 0.25) is 0 Å². The summed E-state index contributed by atoms with van der Waals surface area (Å²) in [4.78, 5) is 12.8. The second-order valence-corrected chi connectivity index (χ2v) is 10.3. The molecule has 0 aromatic heterocycles. The lowest BCUT2D eigenvalue weighted by Gasteiger charge is -2.48. The van der Waals surface area contributed by atoms with Crippen molar-refractivity contribution in [3.05, 3.63) is 23.8 Å². The molecule has 0 bridgehead atoms. The van der Waals surface area contributed by atoms with Crippen molar-refractivity contribution < 1.29 is 29.1 Å². The van der Waals surface area contributed by atoms with Crippen LogP contribution in [0.15, 0.2) is 18.2 Å². The third-order valence-electron chi connectivity index (χ3n) is 8.70. The van der Waals surface area contributed by atoms with Crippen molar-refractivity contribution in [3.63, 3.8) is 0 Å². The lowest BCUT2D eigenvalue weighted by molar-refractivity contribution is -0.658. The summed E-state index contributed by atoms with van der Waals surface area (Å²) in [6.07, 6.45) is 5.79. The number of carbonyl (C=O) groups excluding carboxylic acids is 1. The number of fused-ring (bicyclic) bond motifs is 2. The summed E-state index contributed by atoms with van der Waals surface area (Å²) in [7, 11) is 3.31. The predicted molar refractivity (Wildman–Crippen MR) is 115 cm³/mol. The first-order chi connectivity index (χ1) is 14.9. The Morgan fingerprint density at radius 2 is 2.03 bits per heavy atom. The number of hydrogen-bond donors (Lipinski definition) is 1. The normalized spacial score (nSPS) is 40.4. The van der Waals surface area contributed by atoms with E-state index in [0.29, 0.717) is 5.92 Å². The smallest absolute Gasteiger partial charge is 0.315 e. The third-order valence-corrected chi connectivity index (χ3v) is 8.70. The Hall–Kier alpha value is -1.79. The van der Waals surface area contributed by atoms with Gasteiger partial charge in [-0.1, -0.05) is 26.3 Å². The Balaban J connectivity index is 1.21. The molecule has 6 nitrogen and oxygen atoms in total. The van der Waals surface area contributed by atoms with Crippen molar-refractivity contribution in [2.24, 2.45) is 23.2 Å². The van der Waals surface area contributed by atoms with Crippen LogP contribution in [0.4, 0.5) is 0 Å². The summed E-state index contributed by atoms with van der Waals surface area (Å²) in [5.41, 5.74) is 1.34. The van der Waals surface area contributed by atoms with E-state index in [0.717, 1.165) is 37.4 Å². The van der Waals surface area contributed by atoms with Crippen LogP contribution in [0.25, 0.3) is 0 Å². The van der Waals surface area contributed by atoms with E-state index in [1.165, 1.54) is 24.8 Å². The molecule has 2 aliphatic heterocycles. The average molecular weight is 431 g/mol. The monoisotopic (exact) mass is 430 g/mol. The Morgan fingerprint density at radius 1 is 1.23 bits per heavy atom. The van der Waals surface area contributed by atoms with Crippen molar-refractivity contribution in [3.8, 4) is 11.5 Å². The van der Waals surface area contributed by atoms with Gasteiger partial charge in [-0.3, -0.25) is 4.79 Å². The molecule has 0 radical (unpaired) electrons. The zero-order chi connectivity index (χ0) is 21.8. The fourth-order valence-corrected chi connectivity index (χ4v) is 7.10. The zero-order valence-electron chi connectivity index (χ0n) is 19.2. The molecule has 1 spiro atoms. The molecule has 2 heterocycles. The minimum atomic E-state index is -0.0570. The van der Waals surface area contributed by atoms with Crippen LogP contribution >= 0.6 is 0 Å². The number of epoxide rings is 1. The Kier molecular flexibility index (Phi) is 5.21. The summed E-state index contributed by atoms with van der Waals surface area (Å²) in [5, 5.41) is 2.26. The fraction of sp³-hybridized carbons (Fsp3) is 0.720. The highest BCUT2D eigenvalue weighted by Gasteiger charge is 2.78. The Bertz CT molecular complexity index is 858. The molecule has 2 N–H and O–H groups in total. The second kappa shape index (κ2) is 7.66. The van der Waals surface area contributed by atoms with E-state index in [9.17, 15) is 4.79 Å². The number of rotatable bonds is 7. The van der Waals surface area contributed by atoms with E-state index in [1.807, 2.05) is 12.1 Å². The number of nitrogens with two attached hydrogens (primary N) is 1. The highest BCUT2D eigenvalue weighted by molar-refractivity contribution is 5.76. The topological polar surface area (TPSA) is 73.9 Å². The van der Waals surface area contributed by atoms with Crippen molar-refractivity contribution in [1.82, 2.24) is 0 Å². The molecule has 1 aromatic rings. The summed E-state index contributed by atoms with van der Waals surface area (Å²) < 4.78 is 23.2. The quantitative estimate of drug-likeness (QED) is 0.408. The molecule has 31 heavy (non-hydrogen) atoms. The highest BCUT2D eigenvalue weighted by atomic mass is 16.6. The van der Waals surface area contributed by atoms with Gasteiger partial charge in [-0.2, -0.15) is 0 Å². The van der Waals surface area contributed by atoms with Crippen LogP contribution in [0.3, 0.4) is 0 Å². The van der Waals surface area contributed by atoms with Crippen LogP contribution < -0.4 is 14.8 Å². The molecular formula is C25H36NO5+. The molecule has 170 valence electrons. The molecule has 6 heteroatoms. The van der Waals surface area contributed by atoms with Gasteiger partial charge in [-0.15, -0.1) is 0 Å². The molecule has 0 amide bonds. The molecule has 2 saturated heterocycles. The van der Waals surface area contributed by atoms with Crippen molar-refractivity contribution >= 4 is 5.97 Å². The summed E-state index contributed by atoms with van der Waals surface area (Å²) in [6, 6.07) is 6.05. The second-order valence-electron chi connectivity index (χ2n) is 10.3. The Morgan fingerprint density at radius 3 is 2.81 bits per heavy atom. The number of methoxy groups -OCH3 is 2. The lowest BCUT2D eigenvalue weighted by atomic mass is 9.53. The predicted octanol–water partition coefficient (Wildman–Crippen LogP) is 2.34. The van der Waals surface area contributed by atoms with Gasteiger partial charge in [0, 0.05) is 17.8 Å². The van der Waals surface area contributed by atoms with E-state index >= 15 is 0 Å². The van der Waals surface area contributed by atoms with E-state index in [1.54, 1.807) is 14.2 Å². The number of carbonyl (C=O) groups is 1. The first kappa shape index (κ1) is 21.1. The van der Waals surface area contributed by atoms with Gasteiger partial charge in [0.15, 0.2) is 11.5 Å². The molecule has 0 unspecified atom stereocenters.